The minimum atomic E-state index is 1.06. The number of nitrogens with zero attached hydrogens (tertiary/aromatic N) is 4. The number of rotatable bonds is 3. The third kappa shape index (κ3) is 22.4. The Labute approximate surface area is 196 Å². The van der Waals surface area contributed by atoms with E-state index < -0.39 is 0 Å². The maximum atomic E-state index is 7.32. The summed E-state index contributed by atoms with van der Waals surface area (Å²) in [6.45, 7) is 27.9. The highest BCUT2D eigenvalue weighted by Crippen LogP contribution is 1.99. The molecule has 0 aliphatic carbocycles. The molecule has 0 amide bonds. The molecular weight excluding hydrogens is 442 g/mol. The molecule has 0 bridgehead atoms. The molecule has 2 aliphatic rings. The maximum absolute atomic E-state index is 7.32. The zero-order chi connectivity index (χ0) is 22.9. The number of hydrogen-bond donors (Lipinski definition) is 3. The molecule has 0 aromatic rings. The van der Waals surface area contributed by atoms with Crippen molar-refractivity contribution in [2.75, 3.05) is 104 Å². The molecule has 8 heteroatoms. The first-order valence-corrected chi connectivity index (χ1v) is 12.9. The normalized spacial score (nSPS) is 19.8. The summed E-state index contributed by atoms with van der Waals surface area (Å²) >= 11 is 3.15. The average molecular weight is 493 g/mol. The van der Waals surface area contributed by atoms with Gasteiger partial charge in [-0.25, -0.2) is 0 Å². The van der Waals surface area contributed by atoms with Gasteiger partial charge in [0.1, 0.15) is 0 Å². The van der Waals surface area contributed by atoms with Gasteiger partial charge in [-0.15, -0.1) is 0 Å². The Morgan fingerprint density at radius 1 is 0.633 bits per heavy atom. The fourth-order valence-electron chi connectivity index (χ4n) is 3.04. The van der Waals surface area contributed by atoms with Crippen LogP contribution in [0.25, 0.3) is 0 Å². The highest BCUT2D eigenvalue weighted by atomic mass is 79.9. The van der Waals surface area contributed by atoms with Crippen LogP contribution in [0.15, 0.2) is 0 Å². The van der Waals surface area contributed by atoms with Gasteiger partial charge in [-0.05, 0) is 19.6 Å². The maximum Gasteiger partial charge on any atom is 0.0587 e. The molecule has 0 unspecified atom stereocenters. The number of nitriles is 1. The van der Waals surface area contributed by atoms with E-state index in [1.807, 2.05) is 6.92 Å². The molecule has 0 atom stereocenters. The highest BCUT2D eigenvalue weighted by molar-refractivity contribution is 9.09. The molecule has 2 saturated heterocycles. The molecule has 30 heavy (non-hydrogen) atoms. The van der Waals surface area contributed by atoms with Crippen LogP contribution in [-0.2, 0) is 0 Å². The van der Waals surface area contributed by atoms with Gasteiger partial charge in [0.25, 0.3) is 0 Å². The first-order valence-electron chi connectivity index (χ1n) is 11.8. The Kier molecular flexibility index (Phi) is 28.5. The van der Waals surface area contributed by atoms with E-state index in [1.54, 1.807) is 6.07 Å². The van der Waals surface area contributed by atoms with Gasteiger partial charge in [-0.3, -0.25) is 0 Å². The molecule has 2 heterocycles. The van der Waals surface area contributed by atoms with Gasteiger partial charge in [0, 0.05) is 90.8 Å². The van der Waals surface area contributed by atoms with E-state index in [-0.39, 0.29) is 0 Å². The predicted molar refractivity (Wildman–Crippen MR) is 136 cm³/mol. The van der Waals surface area contributed by atoms with Crippen molar-refractivity contribution in [2.45, 2.75) is 34.6 Å². The van der Waals surface area contributed by atoms with E-state index in [0.29, 0.717) is 0 Å². The first kappa shape index (κ1) is 31.9. The highest BCUT2D eigenvalue weighted by Gasteiger charge is 2.13. The summed E-state index contributed by atoms with van der Waals surface area (Å²) in [5, 5.41) is 18.3. The number of likely N-dealkylation sites (N-methyl/N-ethyl adjacent to an activating group) is 3. The Morgan fingerprint density at radius 3 is 0.933 bits per heavy atom. The van der Waals surface area contributed by atoms with Gasteiger partial charge in [-0.1, -0.05) is 43.6 Å². The summed E-state index contributed by atoms with van der Waals surface area (Å²) in [4.78, 5) is 7.70. The fraction of sp³-hybridized carbons (Fsp3) is 0.955. The Balaban J connectivity index is 0. The van der Waals surface area contributed by atoms with E-state index in [0.717, 1.165) is 44.6 Å². The smallest absolute Gasteiger partial charge is 0.0587 e. The average Bonchev–Trinajstić information content (AvgIpc) is 2.97. The van der Waals surface area contributed by atoms with Crippen molar-refractivity contribution >= 4 is 15.9 Å². The van der Waals surface area contributed by atoms with Gasteiger partial charge >= 0.3 is 0 Å². The summed E-state index contributed by atoms with van der Waals surface area (Å²) in [6, 6.07) is 1.75. The van der Waals surface area contributed by atoms with Gasteiger partial charge in [0.2, 0.25) is 0 Å². The molecule has 0 radical (unpaired) electrons. The van der Waals surface area contributed by atoms with Crippen molar-refractivity contribution in [1.29, 1.82) is 5.26 Å². The molecule has 3 N–H and O–H groups in total. The summed E-state index contributed by atoms with van der Waals surface area (Å²) in [5.74, 6) is 0. The molecule has 0 aromatic carbocycles. The summed E-state index contributed by atoms with van der Waals surface area (Å²) in [5.41, 5.74) is 0. The van der Waals surface area contributed by atoms with E-state index in [1.165, 1.54) is 65.8 Å². The molecule has 0 aromatic heterocycles. The molecule has 2 fully saturated rings. The van der Waals surface area contributed by atoms with Crippen LogP contribution in [0.5, 0.6) is 0 Å². The zero-order valence-corrected chi connectivity index (χ0v) is 22.1. The number of nitrogens with one attached hydrogen (secondary N) is 3. The number of halogens is 1. The third-order valence-electron chi connectivity index (χ3n) is 4.97. The van der Waals surface area contributed by atoms with E-state index in [4.69, 9.17) is 5.26 Å². The van der Waals surface area contributed by atoms with Crippen molar-refractivity contribution in [3.05, 3.63) is 0 Å². The monoisotopic (exact) mass is 491 g/mol. The van der Waals surface area contributed by atoms with Crippen LogP contribution < -0.4 is 16.0 Å². The lowest BCUT2D eigenvalue weighted by Gasteiger charge is -2.23. The van der Waals surface area contributed by atoms with Crippen molar-refractivity contribution in [3.63, 3.8) is 0 Å². The molecule has 0 spiro atoms. The van der Waals surface area contributed by atoms with E-state index in [2.05, 4.69) is 67.4 Å². The second kappa shape index (κ2) is 26.8. The van der Waals surface area contributed by atoms with Crippen LogP contribution in [0, 0.1) is 11.3 Å². The van der Waals surface area contributed by atoms with Gasteiger partial charge in [0.05, 0.1) is 6.07 Å². The van der Waals surface area contributed by atoms with Crippen LogP contribution in [-0.4, -0.2) is 118 Å². The fourth-order valence-corrected chi connectivity index (χ4v) is 3.04. The lowest BCUT2D eigenvalue weighted by Crippen LogP contribution is -2.35. The molecule has 2 aliphatic heterocycles. The molecule has 0 saturated carbocycles. The summed E-state index contributed by atoms with van der Waals surface area (Å²) in [6.07, 6.45) is 0. The standard InChI is InChI=1S/C12H27N3.C6H15N3.C2H5Br.C2H3N/c1-4-13-7-9-14(5-2)11-12-15(6-3)10-8-13;1-2-8-5-6-9-4-3-7-1;2*1-2-3/h4-12H2,1-3H3;7-9H,1-6H2;2H2,1H3;1H3. The van der Waals surface area contributed by atoms with Crippen LogP contribution in [0.2, 0.25) is 0 Å². The van der Waals surface area contributed by atoms with Gasteiger partial charge < -0.3 is 30.7 Å². The first-order chi connectivity index (χ1) is 14.6. The minimum absolute atomic E-state index is 1.06. The SMILES string of the molecule is C1CNCCNCCN1.CC#N.CCBr.CCN1CCN(CC)CCN(CC)CC1. The second-order valence-corrected chi connectivity index (χ2v) is 8.17. The quantitative estimate of drug-likeness (QED) is 0.518. The Morgan fingerprint density at radius 2 is 0.800 bits per heavy atom. The lowest BCUT2D eigenvalue weighted by molar-refractivity contribution is 0.232. The topological polar surface area (TPSA) is 69.6 Å². The van der Waals surface area contributed by atoms with E-state index in [9.17, 15) is 0 Å². The summed E-state index contributed by atoms with van der Waals surface area (Å²) in [7, 11) is 0. The zero-order valence-electron chi connectivity index (χ0n) is 20.5. The van der Waals surface area contributed by atoms with Crippen LogP contribution in [0.4, 0.5) is 0 Å². The van der Waals surface area contributed by atoms with Crippen molar-refractivity contribution in [3.8, 4) is 6.07 Å². The lowest BCUT2D eigenvalue weighted by atomic mass is 10.4. The van der Waals surface area contributed by atoms with Crippen molar-refractivity contribution in [2.24, 2.45) is 0 Å². The molecular formula is C22H50BrN7. The second-order valence-electron chi connectivity index (χ2n) is 7.04. The predicted octanol–water partition coefficient (Wildman–Crippen LogP) is 1.67. The number of hydrogen-bond acceptors (Lipinski definition) is 7. The number of alkyl halides is 1. The molecule has 2 rings (SSSR count). The van der Waals surface area contributed by atoms with Crippen LogP contribution in [0.1, 0.15) is 34.6 Å². The largest absolute Gasteiger partial charge is 0.314 e. The molecule has 180 valence electrons. The Hall–Kier alpha value is -0.270. The van der Waals surface area contributed by atoms with E-state index >= 15 is 0 Å². The Bertz CT molecular complexity index is 297. The van der Waals surface area contributed by atoms with Gasteiger partial charge in [0.15, 0.2) is 0 Å². The van der Waals surface area contributed by atoms with Gasteiger partial charge in [-0.2, -0.15) is 5.26 Å². The molecule has 7 nitrogen and oxygen atoms in total. The third-order valence-corrected chi connectivity index (χ3v) is 4.97. The van der Waals surface area contributed by atoms with Crippen molar-refractivity contribution < 1.29 is 0 Å². The summed E-state index contributed by atoms with van der Waals surface area (Å²) < 4.78 is 0. The minimum Gasteiger partial charge on any atom is -0.314 e. The van der Waals surface area contributed by atoms with Crippen molar-refractivity contribution in [1.82, 2.24) is 30.7 Å². The van der Waals surface area contributed by atoms with Crippen LogP contribution >= 0.6 is 15.9 Å². The van der Waals surface area contributed by atoms with Crippen LogP contribution in [0.3, 0.4) is 0 Å².